The van der Waals surface area contributed by atoms with E-state index < -0.39 is 0 Å². The summed E-state index contributed by atoms with van der Waals surface area (Å²) in [6.07, 6.45) is 3.47. The molecule has 0 atom stereocenters. The molecule has 0 fully saturated rings. The average molecular weight is 338 g/mol. The molecule has 1 N–H and O–H groups in total. The van der Waals surface area contributed by atoms with Gasteiger partial charge in [-0.25, -0.2) is 4.98 Å². The van der Waals surface area contributed by atoms with Gasteiger partial charge in [0.25, 0.3) is 11.1 Å². The highest BCUT2D eigenvalue weighted by molar-refractivity contribution is 7.98. The molecule has 0 unspecified atom stereocenters. The molecule has 0 saturated carbocycles. The zero-order chi connectivity index (χ0) is 16.4. The van der Waals surface area contributed by atoms with Crippen molar-refractivity contribution in [1.82, 2.24) is 20.2 Å². The fourth-order valence-corrected chi connectivity index (χ4v) is 2.82. The van der Waals surface area contributed by atoms with Gasteiger partial charge in [0.15, 0.2) is 0 Å². The number of H-pyrrole nitrogens is 1. The average Bonchev–Trinajstić information content (AvgIpc) is 3.34. The monoisotopic (exact) mass is 338 g/mol. The van der Waals surface area contributed by atoms with E-state index in [0.717, 1.165) is 17.0 Å². The molecule has 0 amide bonds. The van der Waals surface area contributed by atoms with Crippen molar-refractivity contribution in [3.8, 4) is 23.0 Å². The summed E-state index contributed by atoms with van der Waals surface area (Å²) < 4.78 is 11.2. The van der Waals surface area contributed by atoms with Gasteiger partial charge in [-0.1, -0.05) is 29.5 Å². The van der Waals surface area contributed by atoms with Gasteiger partial charge >= 0.3 is 0 Å². The number of nitrogens with zero attached hydrogens (tertiary/aromatic N) is 3. The summed E-state index contributed by atoms with van der Waals surface area (Å²) in [6, 6.07) is 11.8. The van der Waals surface area contributed by atoms with Gasteiger partial charge in [0.1, 0.15) is 12.0 Å². The first-order valence-electron chi connectivity index (χ1n) is 7.39. The Morgan fingerprint density at radius 1 is 1.08 bits per heavy atom. The summed E-state index contributed by atoms with van der Waals surface area (Å²) in [5.74, 6) is 1.69. The van der Waals surface area contributed by atoms with Crippen LogP contribution in [0, 0.1) is 6.92 Å². The lowest BCUT2D eigenvalue weighted by Gasteiger charge is -1.95. The SMILES string of the molecule is Cc1ccc(-c2nc(CSc3nnc(-c4ccc[nH]4)o3)co2)cc1. The Morgan fingerprint density at radius 3 is 2.75 bits per heavy atom. The van der Waals surface area contributed by atoms with Crippen molar-refractivity contribution >= 4 is 11.8 Å². The van der Waals surface area contributed by atoms with Gasteiger partial charge in [0.05, 0.1) is 5.69 Å². The summed E-state index contributed by atoms with van der Waals surface area (Å²) in [4.78, 5) is 7.53. The second-order valence-corrected chi connectivity index (χ2v) is 6.18. The van der Waals surface area contributed by atoms with Crippen LogP contribution in [0.1, 0.15) is 11.3 Å². The van der Waals surface area contributed by atoms with Gasteiger partial charge in [-0.05, 0) is 31.2 Å². The van der Waals surface area contributed by atoms with Gasteiger partial charge < -0.3 is 13.8 Å². The molecule has 3 aromatic heterocycles. The first kappa shape index (κ1) is 14.8. The molecule has 4 aromatic rings. The number of aromatic nitrogens is 4. The standard InChI is InChI=1S/C17H14N4O2S/c1-11-4-6-12(7-5-11)15-19-13(9-22-15)10-24-17-21-20-16(23-17)14-3-2-8-18-14/h2-9,18H,10H2,1H3. The Labute approximate surface area is 142 Å². The number of oxazole rings is 1. The van der Waals surface area contributed by atoms with Crippen LogP contribution in [0.5, 0.6) is 0 Å². The molecule has 0 aliphatic carbocycles. The predicted octanol–water partition coefficient (Wildman–Crippen LogP) is 4.32. The summed E-state index contributed by atoms with van der Waals surface area (Å²) in [5, 5.41) is 8.55. The van der Waals surface area contributed by atoms with E-state index >= 15 is 0 Å². The molecular formula is C17H14N4O2S. The third-order valence-electron chi connectivity index (χ3n) is 3.43. The third-order valence-corrected chi connectivity index (χ3v) is 4.28. The van der Waals surface area contributed by atoms with Gasteiger partial charge in [0, 0.05) is 17.5 Å². The maximum Gasteiger partial charge on any atom is 0.277 e. The van der Waals surface area contributed by atoms with Crippen LogP contribution in [0.4, 0.5) is 0 Å². The summed E-state index contributed by atoms with van der Waals surface area (Å²) in [5.41, 5.74) is 3.80. The largest absolute Gasteiger partial charge is 0.444 e. The minimum atomic E-state index is 0.475. The van der Waals surface area contributed by atoms with Crippen LogP contribution in [-0.2, 0) is 5.75 Å². The molecule has 0 saturated heterocycles. The molecule has 7 heteroatoms. The van der Waals surface area contributed by atoms with Crippen LogP contribution in [-0.4, -0.2) is 20.2 Å². The van der Waals surface area contributed by atoms with Gasteiger partial charge in [-0.2, -0.15) is 0 Å². The van der Waals surface area contributed by atoms with Crippen LogP contribution in [0.15, 0.2) is 62.9 Å². The molecule has 120 valence electrons. The fourth-order valence-electron chi connectivity index (χ4n) is 2.18. The maximum absolute atomic E-state index is 5.61. The highest BCUT2D eigenvalue weighted by Crippen LogP contribution is 2.26. The molecule has 0 spiro atoms. The third kappa shape index (κ3) is 3.11. The predicted molar refractivity (Wildman–Crippen MR) is 90.3 cm³/mol. The molecule has 0 aliphatic rings. The highest BCUT2D eigenvalue weighted by Gasteiger charge is 2.12. The molecule has 3 heterocycles. The van der Waals surface area contributed by atoms with Crippen molar-refractivity contribution in [2.75, 3.05) is 0 Å². The molecule has 1 aromatic carbocycles. The number of aromatic amines is 1. The topological polar surface area (TPSA) is 80.7 Å². The van der Waals surface area contributed by atoms with Crippen molar-refractivity contribution in [3.05, 3.63) is 60.1 Å². The second-order valence-electron chi connectivity index (χ2n) is 5.26. The molecule has 0 aliphatic heterocycles. The molecule has 24 heavy (non-hydrogen) atoms. The second kappa shape index (κ2) is 6.37. The summed E-state index contributed by atoms with van der Waals surface area (Å²) >= 11 is 1.43. The minimum Gasteiger partial charge on any atom is -0.444 e. The van der Waals surface area contributed by atoms with E-state index in [1.54, 1.807) is 6.26 Å². The smallest absolute Gasteiger partial charge is 0.277 e. The van der Waals surface area contributed by atoms with Crippen LogP contribution < -0.4 is 0 Å². The first-order chi connectivity index (χ1) is 11.8. The van der Waals surface area contributed by atoms with E-state index in [1.807, 2.05) is 49.5 Å². The van der Waals surface area contributed by atoms with E-state index in [-0.39, 0.29) is 0 Å². The summed E-state index contributed by atoms with van der Waals surface area (Å²) in [6.45, 7) is 2.05. The number of hydrogen-bond acceptors (Lipinski definition) is 6. The van der Waals surface area contributed by atoms with E-state index in [9.17, 15) is 0 Å². The molecule has 0 radical (unpaired) electrons. The normalized spacial score (nSPS) is 11.0. The zero-order valence-corrected chi connectivity index (χ0v) is 13.7. The van der Waals surface area contributed by atoms with Crippen LogP contribution in [0.25, 0.3) is 23.0 Å². The number of thioether (sulfide) groups is 1. The Hall–Kier alpha value is -2.80. The van der Waals surface area contributed by atoms with Gasteiger partial charge in [-0.15, -0.1) is 10.2 Å². The highest BCUT2D eigenvalue weighted by atomic mass is 32.2. The molecule has 6 nitrogen and oxygen atoms in total. The lowest BCUT2D eigenvalue weighted by molar-refractivity contribution is 0.464. The Morgan fingerprint density at radius 2 is 1.96 bits per heavy atom. The van der Waals surface area contributed by atoms with Gasteiger partial charge in [-0.3, -0.25) is 0 Å². The fraction of sp³-hybridized carbons (Fsp3) is 0.118. The number of hydrogen-bond donors (Lipinski definition) is 1. The van der Waals surface area contributed by atoms with Crippen LogP contribution in [0.2, 0.25) is 0 Å². The van der Waals surface area contributed by atoms with Crippen molar-refractivity contribution in [2.45, 2.75) is 17.9 Å². The van der Waals surface area contributed by atoms with Crippen molar-refractivity contribution in [3.63, 3.8) is 0 Å². The number of benzene rings is 1. The van der Waals surface area contributed by atoms with Crippen LogP contribution >= 0.6 is 11.8 Å². The van der Waals surface area contributed by atoms with Crippen molar-refractivity contribution < 1.29 is 8.83 Å². The maximum atomic E-state index is 5.61. The Kier molecular flexibility index (Phi) is 3.92. The Balaban J connectivity index is 1.42. The minimum absolute atomic E-state index is 0.475. The van der Waals surface area contributed by atoms with E-state index in [0.29, 0.717) is 22.8 Å². The van der Waals surface area contributed by atoms with E-state index in [2.05, 4.69) is 20.2 Å². The van der Waals surface area contributed by atoms with E-state index in [1.165, 1.54) is 17.3 Å². The lowest BCUT2D eigenvalue weighted by Crippen LogP contribution is -1.83. The molecule has 4 rings (SSSR count). The summed E-state index contributed by atoms with van der Waals surface area (Å²) in [7, 11) is 0. The zero-order valence-electron chi connectivity index (χ0n) is 12.9. The van der Waals surface area contributed by atoms with Crippen LogP contribution in [0.3, 0.4) is 0 Å². The quantitative estimate of drug-likeness (QED) is 0.546. The van der Waals surface area contributed by atoms with Crippen molar-refractivity contribution in [1.29, 1.82) is 0 Å². The Bertz CT molecular complexity index is 926. The number of rotatable bonds is 5. The van der Waals surface area contributed by atoms with E-state index in [4.69, 9.17) is 8.83 Å². The molecule has 0 bridgehead atoms. The number of nitrogens with one attached hydrogen (secondary N) is 1. The molecular weight excluding hydrogens is 324 g/mol. The number of aryl methyl sites for hydroxylation is 1. The van der Waals surface area contributed by atoms with Crippen molar-refractivity contribution in [2.24, 2.45) is 0 Å². The van der Waals surface area contributed by atoms with Gasteiger partial charge in [0.2, 0.25) is 5.89 Å². The first-order valence-corrected chi connectivity index (χ1v) is 8.38. The lowest BCUT2D eigenvalue weighted by atomic mass is 10.1.